The van der Waals surface area contributed by atoms with Gasteiger partial charge >= 0.3 is 0 Å². The number of aromatic nitrogens is 1. The molecule has 1 fully saturated rings. The average molecular weight is 225 g/mol. The molecule has 0 bridgehead atoms. The SMILES string of the molecule is Cc1cc(Cl)ncc1[C@@H]1CCCN1C=O. The van der Waals surface area contributed by atoms with Crippen molar-refractivity contribution >= 4 is 18.0 Å². The molecule has 80 valence electrons. The number of nitrogens with zero attached hydrogens (tertiary/aromatic N) is 2. The molecule has 2 heterocycles. The van der Waals surface area contributed by atoms with Crippen molar-refractivity contribution in [2.45, 2.75) is 25.8 Å². The van der Waals surface area contributed by atoms with Crippen molar-refractivity contribution in [2.24, 2.45) is 0 Å². The number of carbonyl (C=O) groups excluding carboxylic acids is 1. The summed E-state index contributed by atoms with van der Waals surface area (Å²) in [7, 11) is 0. The van der Waals surface area contributed by atoms with E-state index < -0.39 is 0 Å². The summed E-state index contributed by atoms with van der Waals surface area (Å²) >= 11 is 5.80. The van der Waals surface area contributed by atoms with Crippen LogP contribution in [-0.4, -0.2) is 22.8 Å². The molecule has 0 radical (unpaired) electrons. The normalized spacial score (nSPS) is 20.7. The lowest BCUT2D eigenvalue weighted by atomic mass is 10.0. The van der Waals surface area contributed by atoms with Crippen LogP contribution >= 0.6 is 11.6 Å². The van der Waals surface area contributed by atoms with Crippen molar-refractivity contribution in [2.75, 3.05) is 6.54 Å². The Labute approximate surface area is 94.1 Å². The molecule has 15 heavy (non-hydrogen) atoms. The average Bonchev–Trinajstić information content (AvgIpc) is 2.65. The van der Waals surface area contributed by atoms with Crippen LogP contribution in [0.15, 0.2) is 12.3 Å². The zero-order valence-electron chi connectivity index (χ0n) is 8.61. The Kier molecular flexibility index (Phi) is 2.91. The smallest absolute Gasteiger partial charge is 0.210 e. The van der Waals surface area contributed by atoms with Crippen molar-refractivity contribution < 1.29 is 4.79 Å². The lowest BCUT2D eigenvalue weighted by Crippen LogP contribution is -2.21. The van der Waals surface area contributed by atoms with Crippen molar-refractivity contribution in [3.63, 3.8) is 0 Å². The van der Waals surface area contributed by atoms with E-state index in [-0.39, 0.29) is 6.04 Å². The van der Waals surface area contributed by atoms with Gasteiger partial charge in [-0.1, -0.05) is 11.6 Å². The van der Waals surface area contributed by atoms with E-state index in [4.69, 9.17) is 11.6 Å². The van der Waals surface area contributed by atoms with Crippen LogP contribution in [0.2, 0.25) is 5.15 Å². The maximum absolute atomic E-state index is 10.8. The fourth-order valence-electron chi connectivity index (χ4n) is 2.13. The van der Waals surface area contributed by atoms with Gasteiger partial charge in [-0.15, -0.1) is 0 Å². The number of rotatable bonds is 2. The molecule has 0 aromatic carbocycles. The van der Waals surface area contributed by atoms with Crippen molar-refractivity contribution in [1.29, 1.82) is 0 Å². The van der Waals surface area contributed by atoms with Crippen molar-refractivity contribution in [3.8, 4) is 0 Å². The fraction of sp³-hybridized carbons (Fsp3) is 0.455. The molecule has 0 saturated carbocycles. The van der Waals surface area contributed by atoms with Gasteiger partial charge in [0.05, 0.1) is 6.04 Å². The topological polar surface area (TPSA) is 33.2 Å². The van der Waals surface area contributed by atoms with Crippen LogP contribution in [0.5, 0.6) is 0 Å². The van der Waals surface area contributed by atoms with Crippen LogP contribution < -0.4 is 0 Å². The summed E-state index contributed by atoms with van der Waals surface area (Å²) in [6, 6.07) is 2.03. The third-order valence-corrected chi connectivity index (χ3v) is 3.11. The second-order valence-electron chi connectivity index (χ2n) is 3.86. The van der Waals surface area contributed by atoms with E-state index in [0.29, 0.717) is 5.15 Å². The predicted octanol–water partition coefficient (Wildman–Crippen LogP) is 2.34. The highest BCUT2D eigenvalue weighted by Crippen LogP contribution is 2.32. The standard InChI is InChI=1S/C11H13ClN2O/c1-8-5-11(12)13-6-9(8)10-3-2-4-14(10)7-15/h5-7,10H,2-4H2,1H3/t10-/m0/s1. The van der Waals surface area contributed by atoms with Gasteiger partial charge in [0.1, 0.15) is 5.15 Å². The molecule has 0 unspecified atom stereocenters. The summed E-state index contributed by atoms with van der Waals surface area (Å²) in [5, 5.41) is 0.506. The Balaban J connectivity index is 2.32. The summed E-state index contributed by atoms with van der Waals surface area (Å²) in [6.07, 6.45) is 4.78. The number of hydrogen-bond acceptors (Lipinski definition) is 2. The molecule has 4 heteroatoms. The first kappa shape index (κ1) is 10.4. The highest BCUT2D eigenvalue weighted by molar-refractivity contribution is 6.29. The number of carbonyl (C=O) groups is 1. The highest BCUT2D eigenvalue weighted by Gasteiger charge is 2.25. The minimum Gasteiger partial charge on any atom is -0.338 e. The molecule has 0 spiro atoms. The van der Waals surface area contributed by atoms with E-state index in [0.717, 1.165) is 36.9 Å². The second kappa shape index (κ2) is 4.19. The number of pyridine rings is 1. The minimum absolute atomic E-state index is 0.187. The molecule has 1 amide bonds. The largest absolute Gasteiger partial charge is 0.338 e. The van der Waals surface area contributed by atoms with Crippen LogP contribution in [0.3, 0.4) is 0 Å². The highest BCUT2D eigenvalue weighted by atomic mass is 35.5. The van der Waals surface area contributed by atoms with Gasteiger partial charge in [-0.3, -0.25) is 4.79 Å². The van der Waals surface area contributed by atoms with E-state index in [2.05, 4.69) is 4.98 Å². The zero-order chi connectivity index (χ0) is 10.8. The quantitative estimate of drug-likeness (QED) is 0.571. The summed E-state index contributed by atoms with van der Waals surface area (Å²) < 4.78 is 0. The molecule has 1 aliphatic rings. The van der Waals surface area contributed by atoms with Gasteiger partial charge in [-0.05, 0) is 37.0 Å². The molecule has 3 nitrogen and oxygen atoms in total. The second-order valence-corrected chi connectivity index (χ2v) is 4.25. The van der Waals surface area contributed by atoms with E-state index in [1.807, 2.05) is 17.9 Å². The molecule has 1 atom stereocenters. The summed E-state index contributed by atoms with van der Waals surface area (Å²) in [4.78, 5) is 16.8. The number of likely N-dealkylation sites (tertiary alicyclic amines) is 1. The molecule has 1 aromatic rings. The number of hydrogen-bond donors (Lipinski definition) is 0. The van der Waals surface area contributed by atoms with Crippen LogP contribution in [0.4, 0.5) is 0 Å². The van der Waals surface area contributed by atoms with Crippen molar-refractivity contribution in [1.82, 2.24) is 9.88 Å². The molecule has 1 saturated heterocycles. The summed E-state index contributed by atoms with van der Waals surface area (Å²) in [5.74, 6) is 0. The van der Waals surface area contributed by atoms with E-state index in [1.165, 1.54) is 0 Å². The third-order valence-electron chi connectivity index (χ3n) is 2.91. The number of aryl methyl sites for hydroxylation is 1. The third kappa shape index (κ3) is 1.97. The lowest BCUT2D eigenvalue weighted by Gasteiger charge is -2.21. The van der Waals surface area contributed by atoms with Gasteiger partial charge in [-0.25, -0.2) is 4.98 Å². The van der Waals surface area contributed by atoms with E-state index in [9.17, 15) is 4.79 Å². The van der Waals surface area contributed by atoms with Gasteiger partial charge in [-0.2, -0.15) is 0 Å². The van der Waals surface area contributed by atoms with Crippen LogP contribution in [-0.2, 0) is 4.79 Å². The predicted molar refractivity (Wildman–Crippen MR) is 58.7 cm³/mol. The first-order chi connectivity index (χ1) is 7.22. The Morgan fingerprint density at radius 2 is 2.47 bits per heavy atom. The number of halogens is 1. The molecule has 0 aliphatic carbocycles. The summed E-state index contributed by atoms with van der Waals surface area (Å²) in [6.45, 7) is 2.85. The molecule has 1 aromatic heterocycles. The minimum atomic E-state index is 0.187. The maximum Gasteiger partial charge on any atom is 0.210 e. The zero-order valence-corrected chi connectivity index (χ0v) is 9.37. The monoisotopic (exact) mass is 224 g/mol. The fourth-order valence-corrected chi connectivity index (χ4v) is 2.34. The van der Waals surface area contributed by atoms with Crippen LogP contribution in [0.1, 0.15) is 30.0 Å². The van der Waals surface area contributed by atoms with Crippen molar-refractivity contribution in [3.05, 3.63) is 28.5 Å². The number of amides is 1. The maximum atomic E-state index is 10.8. The van der Waals surface area contributed by atoms with Crippen LogP contribution in [0.25, 0.3) is 0 Å². The van der Waals surface area contributed by atoms with Gasteiger partial charge in [0, 0.05) is 12.7 Å². The first-order valence-electron chi connectivity index (χ1n) is 5.05. The van der Waals surface area contributed by atoms with Gasteiger partial charge in [0.25, 0.3) is 0 Å². The Hall–Kier alpha value is -1.09. The Morgan fingerprint density at radius 1 is 1.67 bits per heavy atom. The van der Waals surface area contributed by atoms with E-state index >= 15 is 0 Å². The first-order valence-corrected chi connectivity index (χ1v) is 5.43. The Morgan fingerprint density at radius 3 is 3.13 bits per heavy atom. The Bertz CT molecular complexity index is 381. The molecule has 0 N–H and O–H groups in total. The molecule has 2 rings (SSSR count). The van der Waals surface area contributed by atoms with Gasteiger partial charge < -0.3 is 4.90 Å². The molecule has 1 aliphatic heterocycles. The molecular weight excluding hydrogens is 212 g/mol. The van der Waals surface area contributed by atoms with Gasteiger partial charge in [0.15, 0.2) is 0 Å². The lowest BCUT2D eigenvalue weighted by molar-refractivity contribution is -0.118. The van der Waals surface area contributed by atoms with Crippen LogP contribution in [0, 0.1) is 6.92 Å². The van der Waals surface area contributed by atoms with E-state index in [1.54, 1.807) is 6.20 Å². The summed E-state index contributed by atoms with van der Waals surface area (Å²) in [5.41, 5.74) is 2.22. The van der Waals surface area contributed by atoms with Gasteiger partial charge in [0.2, 0.25) is 6.41 Å². The molecular formula is C11H13ClN2O.